The number of hydrogen-bond acceptors (Lipinski definition) is 2. The predicted molar refractivity (Wildman–Crippen MR) is 51.3 cm³/mol. The monoisotopic (exact) mass is 256 g/mol. The first-order valence-corrected chi connectivity index (χ1v) is 5.82. The van der Waals surface area contributed by atoms with Gasteiger partial charge in [0.25, 0.3) is 0 Å². The Kier molecular flexibility index (Phi) is 3.34. The van der Waals surface area contributed by atoms with Crippen LogP contribution in [0.5, 0.6) is 0 Å². The molecule has 0 saturated carbocycles. The van der Waals surface area contributed by atoms with E-state index in [0.29, 0.717) is 0 Å². The van der Waals surface area contributed by atoms with E-state index in [9.17, 15) is 21.6 Å². The number of nitrogens with one attached hydrogen (secondary N) is 1. The average Bonchev–Trinajstić information content (AvgIpc) is 2.49. The van der Waals surface area contributed by atoms with E-state index in [1.165, 1.54) is 23.0 Å². The molecule has 0 aliphatic rings. The highest BCUT2D eigenvalue weighted by Crippen LogP contribution is 2.21. The molecule has 0 spiro atoms. The fourth-order valence-electron chi connectivity index (χ4n) is 1.00. The number of nitrogens with zero attached hydrogens (tertiary/aromatic N) is 1. The largest absolute Gasteiger partial charge is 0.404 e. The molecule has 16 heavy (non-hydrogen) atoms. The minimum Gasteiger partial charge on any atom is -0.356 e. The Bertz CT molecular complexity index is 464. The summed E-state index contributed by atoms with van der Waals surface area (Å²) in [5.74, 6) is 0. The predicted octanol–water partition coefficient (Wildman–Crippen LogP) is 1.25. The molecule has 92 valence electrons. The van der Waals surface area contributed by atoms with Crippen LogP contribution in [-0.4, -0.2) is 25.2 Å². The van der Waals surface area contributed by atoms with Crippen LogP contribution < -0.4 is 4.72 Å². The van der Waals surface area contributed by atoms with E-state index < -0.39 is 22.2 Å². The molecule has 1 aromatic heterocycles. The summed E-state index contributed by atoms with van der Waals surface area (Å²) in [4.78, 5) is -0.189. The Morgan fingerprint density at radius 3 is 2.38 bits per heavy atom. The van der Waals surface area contributed by atoms with Gasteiger partial charge in [0.1, 0.15) is 6.04 Å². The zero-order valence-corrected chi connectivity index (χ0v) is 9.43. The minimum atomic E-state index is -4.60. The van der Waals surface area contributed by atoms with Gasteiger partial charge in [0.05, 0.1) is 4.90 Å². The molecule has 1 heterocycles. The van der Waals surface area contributed by atoms with E-state index in [2.05, 4.69) is 0 Å². The Morgan fingerprint density at radius 2 is 2.00 bits per heavy atom. The fraction of sp³-hybridized carbons (Fsp3) is 0.500. The molecule has 0 bridgehead atoms. The fourth-order valence-corrected chi connectivity index (χ4v) is 2.28. The van der Waals surface area contributed by atoms with Gasteiger partial charge in [-0.25, -0.2) is 8.42 Å². The zero-order chi connectivity index (χ0) is 12.6. The quantitative estimate of drug-likeness (QED) is 0.885. The molecule has 0 aliphatic carbocycles. The van der Waals surface area contributed by atoms with Crippen LogP contribution >= 0.6 is 0 Å². The lowest BCUT2D eigenvalue weighted by Crippen LogP contribution is -2.42. The van der Waals surface area contributed by atoms with Crippen molar-refractivity contribution >= 4 is 10.0 Å². The van der Waals surface area contributed by atoms with Crippen molar-refractivity contribution in [2.45, 2.75) is 24.0 Å². The molecule has 0 aromatic carbocycles. The summed E-state index contributed by atoms with van der Waals surface area (Å²) in [5.41, 5.74) is 0. The molecule has 1 rings (SSSR count). The van der Waals surface area contributed by atoms with E-state index in [4.69, 9.17) is 0 Å². The highest BCUT2D eigenvalue weighted by Gasteiger charge is 2.38. The summed E-state index contributed by atoms with van der Waals surface area (Å²) in [6.07, 6.45) is -1.93. The van der Waals surface area contributed by atoms with Crippen LogP contribution in [0, 0.1) is 0 Å². The highest BCUT2D eigenvalue weighted by atomic mass is 32.2. The zero-order valence-electron chi connectivity index (χ0n) is 8.62. The first-order valence-electron chi connectivity index (χ1n) is 4.34. The summed E-state index contributed by atoms with van der Waals surface area (Å²) in [5, 5.41) is 0. The number of aromatic nitrogens is 1. The smallest absolute Gasteiger partial charge is 0.356 e. The van der Waals surface area contributed by atoms with Gasteiger partial charge in [0.2, 0.25) is 10.0 Å². The van der Waals surface area contributed by atoms with Gasteiger partial charge in [0, 0.05) is 19.4 Å². The molecular weight excluding hydrogens is 245 g/mol. The van der Waals surface area contributed by atoms with Gasteiger partial charge >= 0.3 is 6.18 Å². The molecule has 0 fully saturated rings. The van der Waals surface area contributed by atoms with Crippen molar-refractivity contribution in [3.05, 3.63) is 18.5 Å². The Morgan fingerprint density at radius 1 is 1.44 bits per heavy atom. The van der Waals surface area contributed by atoms with Crippen molar-refractivity contribution < 1.29 is 21.6 Å². The number of alkyl halides is 3. The number of halogens is 3. The molecular formula is C8H11F3N2O2S. The lowest BCUT2D eigenvalue weighted by atomic mass is 10.4. The van der Waals surface area contributed by atoms with Crippen molar-refractivity contribution in [3.8, 4) is 0 Å². The van der Waals surface area contributed by atoms with Crippen molar-refractivity contribution in [1.29, 1.82) is 0 Å². The molecule has 0 radical (unpaired) electrons. The molecule has 4 nitrogen and oxygen atoms in total. The van der Waals surface area contributed by atoms with Gasteiger partial charge in [-0.2, -0.15) is 17.9 Å². The Hall–Kier alpha value is -1.02. The standard InChI is InChI=1S/C8H11F3N2O2S/c1-6(8(9,10)11)12-16(14,15)7-3-4-13(2)5-7/h3-6,12H,1-2H3. The maximum atomic E-state index is 12.2. The summed E-state index contributed by atoms with van der Waals surface area (Å²) in [7, 11) is -2.54. The topological polar surface area (TPSA) is 51.1 Å². The summed E-state index contributed by atoms with van der Waals surface area (Å²) < 4.78 is 62.5. The third kappa shape index (κ3) is 2.99. The normalized spacial score (nSPS) is 15.1. The van der Waals surface area contributed by atoms with Crippen LogP contribution in [0.15, 0.2) is 23.4 Å². The van der Waals surface area contributed by atoms with Crippen LogP contribution in [-0.2, 0) is 17.1 Å². The van der Waals surface area contributed by atoms with Crippen LogP contribution in [0.2, 0.25) is 0 Å². The molecule has 0 amide bonds. The molecule has 0 saturated heterocycles. The third-order valence-corrected chi connectivity index (χ3v) is 3.46. The van der Waals surface area contributed by atoms with Gasteiger partial charge < -0.3 is 4.57 Å². The molecule has 1 unspecified atom stereocenters. The maximum absolute atomic E-state index is 12.2. The highest BCUT2D eigenvalue weighted by molar-refractivity contribution is 7.89. The first kappa shape index (κ1) is 13.0. The van der Waals surface area contributed by atoms with Gasteiger partial charge in [-0.15, -0.1) is 0 Å². The SMILES string of the molecule is CC(NS(=O)(=O)c1ccn(C)c1)C(F)(F)F. The van der Waals surface area contributed by atoms with Gasteiger partial charge in [-0.05, 0) is 13.0 Å². The van der Waals surface area contributed by atoms with Crippen LogP contribution in [0.3, 0.4) is 0 Å². The van der Waals surface area contributed by atoms with E-state index in [0.717, 1.165) is 6.92 Å². The second-order valence-electron chi connectivity index (χ2n) is 3.40. The number of rotatable bonds is 3. The minimum absolute atomic E-state index is 0.189. The second kappa shape index (κ2) is 4.10. The van der Waals surface area contributed by atoms with Crippen LogP contribution in [0.1, 0.15) is 6.92 Å². The third-order valence-electron chi connectivity index (χ3n) is 1.94. The molecule has 1 aromatic rings. The van der Waals surface area contributed by atoms with Gasteiger partial charge in [-0.1, -0.05) is 0 Å². The van der Waals surface area contributed by atoms with Crippen LogP contribution in [0.25, 0.3) is 0 Å². The van der Waals surface area contributed by atoms with Crippen molar-refractivity contribution in [3.63, 3.8) is 0 Å². The summed E-state index contributed by atoms with van der Waals surface area (Å²) in [6.45, 7) is 0.750. The van der Waals surface area contributed by atoms with Gasteiger partial charge in [0.15, 0.2) is 0 Å². The number of aryl methyl sites for hydroxylation is 1. The Labute approximate surface area is 91.1 Å². The van der Waals surface area contributed by atoms with E-state index in [1.807, 2.05) is 0 Å². The second-order valence-corrected chi connectivity index (χ2v) is 5.11. The van der Waals surface area contributed by atoms with Crippen LogP contribution in [0.4, 0.5) is 13.2 Å². The van der Waals surface area contributed by atoms with E-state index in [-0.39, 0.29) is 4.90 Å². The summed E-state index contributed by atoms with van der Waals surface area (Å²) in [6, 6.07) is -0.886. The first-order chi connectivity index (χ1) is 7.13. The molecule has 0 aliphatic heterocycles. The van der Waals surface area contributed by atoms with Crippen molar-refractivity contribution in [2.24, 2.45) is 7.05 Å². The molecule has 1 N–H and O–H groups in total. The average molecular weight is 256 g/mol. The molecule has 8 heteroatoms. The van der Waals surface area contributed by atoms with Crippen molar-refractivity contribution in [2.75, 3.05) is 0 Å². The maximum Gasteiger partial charge on any atom is 0.404 e. The molecule has 1 atom stereocenters. The van der Waals surface area contributed by atoms with E-state index >= 15 is 0 Å². The number of hydrogen-bond donors (Lipinski definition) is 1. The Balaban J connectivity index is 2.89. The number of sulfonamides is 1. The van der Waals surface area contributed by atoms with Crippen molar-refractivity contribution in [1.82, 2.24) is 9.29 Å². The van der Waals surface area contributed by atoms with Gasteiger partial charge in [-0.3, -0.25) is 0 Å². The lowest BCUT2D eigenvalue weighted by Gasteiger charge is -2.16. The summed E-state index contributed by atoms with van der Waals surface area (Å²) >= 11 is 0. The van der Waals surface area contributed by atoms with E-state index in [1.54, 1.807) is 11.8 Å². The lowest BCUT2D eigenvalue weighted by molar-refractivity contribution is -0.147.